The first-order valence-corrected chi connectivity index (χ1v) is 8.93. The highest BCUT2D eigenvalue weighted by molar-refractivity contribution is 5.72. The van der Waals surface area contributed by atoms with Gasteiger partial charge in [-0.05, 0) is 18.6 Å². The van der Waals surface area contributed by atoms with Gasteiger partial charge in [0.25, 0.3) is 0 Å². The molecule has 1 amide bonds. The molecule has 2 aromatic rings. The molecule has 1 fully saturated rings. The summed E-state index contributed by atoms with van der Waals surface area (Å²) in [4.78, 5) is 27.2. The molecule has 1 aromatic heterocycles. The van der Waals surface area contributed by atoms with E-state index in [9.17, 15) is 14.7 Å². The number of nitrogens with zero attached hydrogens (tertiary/aromatic N) is 4. The maximum absolute atomic E-state index is 12.3. The number of amides is 1. The van der Waals surface area contributed by atoms with E-state index in [0.717, 1.165) is 5.56 Å². The second-order valence-corrected chi connectivity index (χ2v) is 6.74. The third-order valence-corrected chi connectivity index (χ3v) is 4.73. The Bertz CT molecular complexity index is 750. The molecule has 2 heterocycles. The molecule has 0 saturated carbocycles. The predicted octanol–water partition coefficient (Wildman–Crippen LogP) is 1.68. The highest BCUT2D eigenvalue weighted by Gasteiger charge is 2.35. The normalized spacial score (nSPS) is 20.4. The summed E-state index contributed by atoms with van der Waals surface area (Å²) >= 11 is 0. The van der Waals surface area contributed by atoms with E-state index in [0.29, 0.717) is 19.6 Å². The molecule has 1 N–H and O–H groups in total. The highest BCUT2D eigenvalue weighted by Crippen LogP contribution is 2.17. The maximum Gasteiger partial charge on any atom is 0.407 e. The van der Waals surface area contributed by atoms with Crippen LogP contribution in [0.3, 0.4) is 0 Å². The summed E-state index contributed by atoms with van der Waals surface area (Å²) in [6, 6.07) is 11.0. The molecule has 0 aliphatic carbocycles. The van der Waals surface area contributed by atoms with E-state index in [4.69, 9.17) is 4.74 Å². The largest absolute Gasteiger partial charge is 0.465 e. The van der Waals surface area contributed by atoms with Gasteiger partial charge in [0.2, 0.25) is 0 Å². The number of hydrogen-bond acceptors (Lipinski definition) is 5. The molecular formula is C19H24N4O4. The number of benzene rings is 1. The number of carboxylic acid groups (broad SMARTS) is 1. The van der Waals surface area contributed by atoms with Crippen molar-refractivity contribution in [2.24, 2.45) is 0 Å². The number of piperazine rings is 1. The number of esters is 1. The van der Waals surface area contributed by atoms with Crippen molar-refractivity contribution in [1.82, 2.24) is 19.6 Å². The molecule has 8 nitrogen and oxygen atoms in total. The fourth-order valence-corrected chi connectivity index (χ4v) is 3.32. The molecule has 27 heavy (non-hydrogen) atoms. The first-order valence-electron chi connectivity index (χ1n) is 8.93. The Morgan fingerprint density at radius 1 is 1.22 bits per heavy atom. The van der Waals surface area contributed by atoms with Crippen molar-refractivity contribution in [1.29, 1.82) is 0 Å². The van der Waals surface area contributed by atoms with Gasteiger partial charge in [-0.3, -0.25) is 14.4 Å². The lowest BCUT2D eigenvalue weighted by Gasteiger charge is -2.43. The van der Waals surface area contributed by atoms with Crippen molar-refractivity contribution in [3.8, 4) is 0 Å². The zero-order valence-electron chi connectivity index (χ0n) is 15.3. The maximum atomic E-state index is 12.3. The number of rotatable bonds is 6. The van der Waals surface area contributed by atoms with Gasteiger partial charge >= 0.3 is 12.1 Å². The van der Waals surface area contributed by atoms with E-state index in [1.54, 1.807) is 10.9 Å². The highest BCUT2D eigenvalue weighted by atomic mass is 16.5. The van der Waals surface area contributed by atoms with Gasteiger partial charge in [0.05, 0.1) is 13.1 Å². The second kappa shape index (κ2) is 8.68. The van der Waals surface area contributed by atoms with E-state index in [-0.39, 0.29) is 31.2 Å². The lowest BCUT2D eigenvalue weighted by molar-refractivity contribution is -0.148. The van der Waals surface area contributed by atoms with Crippen LogP contribution in [0.25, 0.3) is 0 Å². The molecule has 0 bridgehead atoms. The Balaban J connectivity index is 1.62. The summed E-state index contributed by atoms with van der Waals surface area (Å²) in [5.41, 5.74) is 0.933. The van der Waals surface area contributed by atoms with Gasteiger partial charge in [-0.1, -0.05) is 30.3 Å². The number of ether oxygens (including phenoxy) is 1. The van der Waals surface area contributed by atoms with Crippen molar-refractivity contribution >= 4 is 12.1 Å². The van der Waals surface area contributed by atoms with Gasteiger partial charge in [0, 0.05) is 37.6 Å². The zero-order chi connectivity index (χ0) is 19.2. The molecule has 1 aliphatic heterocycles. The molecule has 8 heteroatoms. The van der Waals surface area contributed by atoms with Crippen molar-refractivity contribution in [3.05, 3.63) is 54.4 Å². The summed E-state index contributed by atoms with van der Waals surface area (Å²) in [5.74, 6) is -0.319. The minimum absolute atomic E-state index is 0.122. The van der Waals surface area contributed by atoms with Crippen LogP contribution < -0.4 is 0 Å². The second-order valence-electron chi connectivity index (χ2n) is 6.74. The van der Waals surface area contributed by atoms with E-state index in [2.05, 4.69) is 5.10 Å². The molecule has 0 radical (unpaired) electrons. The smallest absolute Gasteiger partial charge is 0.407 e. The molecular weight excluding hydrogens is 348 g/mol. The lowest BCUT2D eigenvalue weighted by Crippen LogP contribution is -2.60. The summed E-state index contributed by atoms with van der Waals surface area (Å²) in [6.45, 7) is 3.50. The summed E-state index contributed by atoms with van der Waals surface area (Å²) in [5, 5.41) is 13.6. The Morgan fingerprint density at radius 3 is 2.67 bits per heavy atom. The fraction of sp³-hybridized carbons (Fsp3) is 0.421. The molecule has 3 rings (SSSR count). The number of aromatic nitrogens is 2. The molecule has 0 spiro atoms. The molecule has 1 saturated heterocycles. The first kappa shape index (κ1) is 18.9. The Hall–Kier alpha value is -2.87. The zero-order valence-corrected chi connectivity index (χ0v) is 15.3. The van der Waals surface area contributed by atoms with Crippen LogP contribution in [-0.2, 0) is 22.7 Å². The molecule has 2 atom stereocenters. The average Bonchev–Trinajstić information content (AvgIpc) is 3.16. The van der Waals surface area contributed by atoms with Crippen LogP contribution in [-0.4, -0.2) is 68.5 Å². The number of hydrogen-bond donors (Lipinski definition) is 1. The van der Waals surface area contributed by atoms with E-state index in [1.165, 1.54) is 4.90 Å². The van der Waals surface area contributed by atoms with Gasteiger partial charge in [-0.15, -0.1) is 0 Å². The number of carbonyl (C=O) groups excluding carboxylic acids is 1. The van der Waals surface area contributed by atoms with Gasteiger partial charge < -0.3 is 14.7 Å². The summed E-state index contributed by atoms with van der Waals surface area (Å²) in [6.07, 6.45) is 2.56. The van der Waals surface area contributed by atoms with Crippen molar-refractivity contribution in [2.45, 2.75) is 32.2 Å². The van der Waals surface area contributed by atoms with Crippen LogP contribution in [0.1, 0.15) is 12.5 Å². The monoisotopic (exact) mass is 372 g/mol. The van der Waals surface area contributed by atoms with E-state index >= 15 is 0 Å². The van der Waals surface area contributed by atoms with Crippen LogP contribution >= 0.6 is 0 Å². The Labute approximate surface area is 157 Å². The summed E-state index contributed by atoms with van der Waals surface area (Å²) < 4.78 is 7.14. The third-order valence-electron chi connectivity index (χ3n) is 4.73. The molecule has 1 aliphatic rings. The van der Waals surface area contributed by atoms with Gasteiger partial charge in [-0.25, -0.2) is 4.79 Å². The van der Waals surface area contributed by atoms with Crippen LogP contribution in [0.2, 0.25) is 0 Å². The summed E-state index contributed by atoms with van der Waals surface area (Å²) in [7, 11) is 0. The first-order chi connectivity index (χ1) is 13.0. The van der Waals surface area contributed by atoms with E-state index in [1.807, 2.05) is 54.4 Å². The Morgan fingerprint density at radius 2 is 2.00 bits per heavy atom. The molecule has 0 unspecified atom stereocenters. The standard InChI is InChI=1S/C19H24N4O4/c1-15-10-21(13-18(24)27-14-16-6-3-2-4-7-16)17(12-23(15)19(25)26)11-22-9-5-8-20-22/h2-9,15,17H,10-14H2,1H3,(H,25,26)/t15-,17+/m1/s1. The van der Waals surface area contributed by atoms with Crippen LogP contribution in [0.15, 0.2) is 48.8 Å². The number of carbonyl (C=O) groups is 2. The van der Waals surface area contributed by atoms with Crippen molar-refractivity contribution < 1.29 is 19.4 Å². The Kier molecular flexibility index (Phi) is 6.08. The predicted molar refractivity (Wildman–Crippen MR) is 98.0 cm³/mol. The van der Waals surface area contributed by atoms with Crippen LogP contribution in [0.4, 0.5) is 4.79 Å². The van der Waals surface area contributed by atoms with Crippen molar-refractivity contribution in [2.75, 3.05) is 19.6 Å². The lowest BCUT2D eigenvalue weighted by atomic mass is 10.1. The third kappa shape index (κ3) is 5.07. The van der Waals surface area contributed by atoms with Gasteiger partial charge in [0.1, 0.15) is 6.61 Å². The molecule has 144 valence electrons. The minimum Gasteiger partial charge on any atom is -0.465 e. The van der Waals surface area contributed by atoms with Crippen molar-refractivity contribution in [3.63, 3.8) is 0 Å². The minimum atomic E-state index is -0.945. The van der Waals surface area contributed by atoms with E-state index < -0.39 is 6.09 Å². The molecule has 1 aromatic carbocycles. The topological polar surface area (TPSA) is 87.9 Å². The van der Waals surface area contributed by atoms with Gasteiger partial charge in [-0.2, -0.15) is 5.10 Å². The van der Waals surface area contributed by atoms with Gasteiger partial charge in [0.15, 0.2) is 0 Å². The van der Waals surface area contributed by atoms with Crippen LogP contribution in [0, 0.1) is 0 Å². The fourth-order valence-electron chi connectivity index (χ4n) is 3.32. The van der Waals surface area contributed by atoms with Crippen LogP contribution in [0.5, 0.6) is 0 Å². The quantitative estimate of drug-likeness (QED) is 0.776. The average molecular weight is 372 g/mol. The SMILES string of the molecule is C[C@@H]1CN(CC(=O)OCc2ccccc2)[C@@H](Cn2cccn2)CN1C(=O)O.